The van der Waals surface area contributed by atoms with Gasteiger partial charge in [-0.05, 0) is 65.5 Å². The molecule has 0 aliphatic carbocycles. The topological polar surface area (TPSA) is 24.1 Å². The van der Waals surface area contributed by atoms with E-state index in [0.29, 0.717) is 11.6 Å². The first-order valence-corrected chi connectivity index (χ1v) is 9.07. The van der Waals surface area contributed by atoms with E-state index in [0.717, 1.165) is 44.6 Å². The minimum atomic E-state index is -4.17. The zero-order chi connectivity index (χ0) is 15.7. The summed E-state index contributed by atoms with van der Waals surface area (Å²) in [6.45, 7) is 1.96. The van der Waals surface area contributed by atoms with Crippen LogP contribution in [0.4, 0.5) is 18.9 Å². The van der Waals surface area contributed by atoms with Crippen molar-refractivity contribution in [1.29, 1.82) is 0 Å². The molecule has 1 aromatic carbocycles. The molecule has 1 saturated heterocycles. The average Bonchev–Trinajstić information content (AvgIpc) is 2.76. The van der Waals surface area contributed by atoms with E-state index in [1.807, 2.05) is 34.7 Å². The quantitative estimate of drug-likeness (QED) is 0.672. The number of benzene rings is 1. The molecule has 0 saturated carbocycles. The Labute approximate surface area is 144 Å². The van der Waals surface area contributed by atoms with Gasteiger partial charge in [0.05, 0.1) is 19.7 Å². The predicted molar refractivity (Wildman–Crippen MR) is 93.8 cm³/mol. The van der Waals surface area contributed by atoms with Crippen molar-refractivity contribution in [1.82, 2.24) is 5.32 Å². The Morgan fingerprint density at radius 3 is 2.68 bits per heavy atom. The molecule has 0 unspecified atom stereocenters. The summed E-state index contributed by atoms with van der Waals surface area (Å²) in [7, 11) is 0. The molecular weight excluding hydrogens is 424 g/mol. The lowest BCUT2D eigenvalue weighted by atomic mass is 10.1. The van der Waals surface area contributed by atoms with Gasteiger partial charge in [-0.2, -0.15) is 13.2 Å². The third kappa shape index (κ3) is 3.68. The lowest BCUT2D eigenvalue weighted by Gasteiger charge is -2.25. The Morgan fingerprint density at radius 2 is 2.00 bits per heavy atom. The van der Waals surface area contributed by atoms with Gasteiger partial charge in [0.25, 0.3) is 0 Å². The van der Waals surface area contributed by atoms with Crippen molar-refractivity contribution in [3.8, 4) is 0 Å². The third-order valence-corrected chi connectivity index (χ3v) is 6.23. The van der Waals surface area contributed by atoms with E-state index in [-0.39, 0.29) is 0 Å². The van der Waals surface area contributed by atoms with E-state index in [4.69, 9.17) is 0 Å². The highest BCUT2D eigenvalue weighted by molar-refractivity contribution is 14.1. The van der Waals surface area contributed by atoms with Gasteiger partial charge in [-0.15, -0.1) is 11.3 Å². The summed E-state index contributed by atoms with van der Waals surface area (Å²) in [5.41, 5.74) is 1.36. The van der Waals surface area contributed by atoms with E-state index < -0.39 is 12.6 Å². The number of alkyl halides is 3. The monoisotopic (exact) mass is 440 g/mol. The fourth-order valence-electron chi connectivity index (χ4n) is 2.81. The van der Waals surface area contributed by atoms with E-state index in [1.165, 1.54) is 11.3 Å². The van der Waals surface area contributed by atoms with Crippen molar-refractivity contribution in [2.75, 3.05) is 18.4 Å². The lowest BCUT2D eigenvalue weighted by molar-refractivity contribution is -0.127. The molecule has 2 aromatic rings. The molecule has 0 amide bonds. The number of piperidine rings is 1. The Morgan fingerprint density at radius 1 is 1.27 bits per heavy atom. The fourth-order valence-corrected chi connectivity index (χ4v) is 4.97. The summed E-state index contributed by atoms with van der Waals surface area (Å²) in [5.74, 6) is 0. The first-order valence-electron chi connectivity index (χ1n) is 7.18. The molecule has 1 aliphatic rings. The lowest BCUT2D eigenvalue weighted by Crippen LogP contribution is -2.35. The van der Waals surface area contributed by atoms with Crippen molar-refractivity contribution in [3.05, 3.63) is 26.6 Å². The molecule has 0 bridgehead atoms. The van der Waals surface area contributed by atoms with E-state index in [9.17, 15) is 13.2 Å². The minimum absolute atomic E-state index is 0.387. The fraction of sp³-hybridized carbons (Fsp3) is 0.467. The number of hydrogen-bond acceptors (Lipinski definition) is 3. The molecule has 7 heteroatoms. The largest absolute Gasteiger partial charge is 0.393 e. The minimum Gasteiger partial charge on any atom is -0.381 e. The van der Waals surface area contributed by atoms with Crippen LogP contribution in [0.15, 0.2) is 18.2 Å². The van der Waals surface area contributed by atoms with Gasteiger partial charge in [-0.25, -0.2) is 0 Å². The molecular formula is C15H16F3IN2S. The molecule has 0 spiro atoms. The zero-order valence-electron chi connectivity index (χ0n) is 11.8. The van der Waals surface area contributed by atoms with Gasteiger partial charge in [0.15, 0.2) is 0 Å². The molecule has 0 radical (unpaired) electrons. The zero-order valence-corrected chi connectivity index (χ0v) is 14.7. The van der Waals surface area contributed by atoms with Gasteiger partial charge in [-0.1, -0.05) is 12.1 Å². The average molecular weight is 440 g/mol. The van der Waals surface area contributed by atoms with Crippen molar-refractivity contribution in [3.63, 3.8) is 0 Å². The van der Waals surface area contributed by atoms with Crippen molar-refractivity contribution >= 4 is 49.7 Å². The summed E-state index contributed by atoms with van der Waals surface area (Å²) in [6, 6.07) is 5.99. The molecule has 3 rings (SSSR count). The van der Waals surface area contributed by atoms with E-state index in [2.05, 4.69) is 10.6 Å². The SMILES string of the molecule is FC(F)(F)Cc1c(I)sc2c(NC3CCNCC3)cccc12. The summed E-state index contributed by atoms with van der Waals surface area (Å²) in [5, 5.41) is 7.55. The van der Waals surface area contributed by atoms with Crippen LogP contribution in [0.5, 0.6) is 0 Å². The van der Waals surface area contributed by atoms with E-state index >= 15 is 0 Å². The van der Waals surface area contributed by atoms with Gasteiger partial charge in [0, 0.05) is 6.04 Å². The highest BCUT2D eigenvalue weighted by Crippen LogP contribution is 2.40. The van der Waals surface area contributed by atoms with Crippen molar-refractivity contribution in [2.45, 2.75) is 31.5 Å². The maximum Gasteiger partial charge on any atom is 0.393 e. The molecule has 1 fully saturated rings. The highest BCUT2D eigenvalue weighted by Gasteiger charge is 2.31. The number of fused-ring (bicyclic) bond motifs is 1. The highest BCUT2D eigenvalue weighted by atomic mass is 127. The van der Waals surface area contributed by atoms with Gasteiger partial charge in [0.1, 0.15) is 0 Å². The molecule has 120 valence electrons. The molecule has 1 aliphatic heterocycles. The van der Waals surface area contributed by atoms with Crippen LogP contribution >= 0.6 is 33.9 Å². The molecule has 1 aromatic heterocycles. The number of anilines is 1. The van der Waals surface area contributed by atoms with Crippen molar-refractivity contribution in [2.24, 2.45) is 0 Å². The summed E-state index contributed by atoms with van der Waals surface area (Å²) < 4.78 is 40.0. The van der Waals surface area contributed by atoms with Crippen LogP contribution in [-0.2, 0) is 6.42 Å². The van der Waals surface area contributed by atoms with Crippen LogP contribution in [0, 0.1) is 2.88 Å². The first-order chi connectivity index (χ1) is 10.4. The second-order valence-electron chi connectivity index (χ2n) is 5.50. The van der Waals surface area contributed by atoms with Crippen LogP contribution in [0.3, 0.4) is 0 Å². The second kappa shape index (κ2) is 6.52. The smallest absolute Gasteiger partial charge is 0.381 e. The third-order valence-electron chi connectivity index (χ3n) is 3.85. The summed E-state index contributed by atoms with van der Waals surface area (Å²) in [6.07, 6.45) is -2.96. The molecule has 2 N–H and O–H groups in total. The van der Waals surface area contributed by atoms with Gasteiger partial charge in [0.2, 0.25) is 0 Å². The molecule has 2 nitrogen and oxygen atoms in total. The Balaban J connectivity index is 1.93. The molecule has 2 heterocycles. The second-order valence-corrected chi connectivity index (χ2v) is 8.33. The van der Waals surface area contributed by atoms with Crippen molar-refractivity contribution < 1.29 is 13.2 Å². The summed E-state index contributed by atoms with van der Waals surface area (Å²) in [4.78, 5) is 0. The first kappa shape index (κ1) is 16.3. The van der Waals surface area contributed by atoms with Crippen LogP contribution in [0.25, 0.3) is 10.1 Å². The maximum atomic E-state index is 12.8. The number of thiophene rings is 1. The molecule has 0 atom stereocenters. The Bertz CT molecular complexity index is 663. The number of halogens is 4. The van der Waals surface area contributed by atoms with Gasteiger partial charge < -0.3 is 10.6 Å². The van der Waals surface area contributed by atoms with Crippen LogP contribution < -0.4 is 10.6 Å². The van der Waals surface area contributed by atoms with Gasteiger partial charge >= 0.3 is 6.18 Å². The normalized spacial score (nSPS) is 17.1. The number of rotatable bonds is 3. The van der Waals surface area contributed by atoms with Crippen LogP contribution in [0.2, 0.25) is 0 Å². The number of hydrogen-bond donors (Lipinski definition) is 2. The Hall–Kier alpha value is -0.540. The van der Waals surface area contributed by atoms with Crippen LogP contribution in [0.1, 0.15) is 18.4 Å². The van der Waals surface area contributed by atoms with Crippen LogP contribution in [-0.4, -0.2) is 25.3 Å². The predicted octanol–water partition coefficient (Wildman–Crippen LogP) is 4.77. The maximum absolute atomic E-state index is 12.8. The number of nitrogens with one attached hydrogen (secondary N) is 2. The van der Waals surface area contributed by atoms with E-state index in [1.54, 1.807) is 6.07 Å². The summed E-state index contributed by atoms with van der Waals surface area (Å²) >= 11 is 3.46. The standard InChI is InChI=1S/C15H16F3IN2S/c16-15(17,18)8-11-10-2-1-3-12(13(10)22-14(11)19)21-9-4-6-20-7-5-9/h1-3,9,20-21H,4-8H2. The van der Waals surface area contributed by atoms with Gasteiger partial charge in [-0.3, -0.25) is 0 Å². The Kier molecular flexibility index (Phi) is 4.84. The molecule has 22 heavy (non-hydrogen) atoms.